The molecule has 0 N–H and O–H groups in total. The summed E-state index contributed by atoms with van der Waals surface area (Å²) in [6.45, 7) is 1.82. The van der Waals surface area contributed by atoms with Gasteiger partial charge in [0.1, 0.15) is 17.3 Å². The molecule has 0 radical (unpaired) electrons. The summed E-state index contributed by atoms with van der Waals surface area (Å²) >= 11 is 1.14. The van der Waals surface area contributed by atoms with Crippen molar-refractivity contribution in [1.82, 2.24) is 18.9 Å². The molecule has 0 aliphatic carbocycles. The molecule has 6 nitrogen and oxygen atoms in total. The second kappa shape index (κ2) is 8.25. The van der Waals surface area contributed by atoms with Gasteiger partial charge in [-0.1, -0.05) is 30.0 Å². The van der Waals surface area contributed by atoms with E-state index < -0.39 is 17.2 Å². The average Bonchev–Trinajstić information content (AvgIpc) is 2.78. The lowest BCUT2D eigenvalue weighted by atomic mass is 10.2. The normalized spacial score (nSPS) is 11.4. The van der Waals surface area contributed by atoms with Crippen LogP contribution in [0.5, 0.6) is 0 Å². The van der Waals surface area contributed by atoms with Gasteiger partial charge < -0.3 is 0 Å². The van der Waals surface area contributed by atoms with Gasteiger partial charge in [-0.2, -0.15) is 0 Å². The van der Waals surface area contributed by atoms with Crippen LogP contribution in [0.4, 0.5) is 8.78 Å². The van der Waals surface area contributed by atoms with Crippen LogP contribution in [0, 0.1) is 18.6 Å². The van der Waals surface area contributed by atoms with Crippen LogP contribution in [-0.4, -0.2) is 18.9 Å². The predicted molar refractivity (Wildman–Crippen MR) is 123 cm³/mol. The van der Waals surface area contributed by atoms with Crippen molar-refractivity contribution in [2.75, 3.05) is 0 Å². The monoisotopic (exact) mass is 462 g/mol. The molecular formula is C24H16F2N4O2S. The highest BCUT2D eigenvalue weighted by molar-refractivity contribution is 7.98. The molecule has 0 fully saturated rings. The van der Waals surface area contributed by atoms with Gasteiger partial charge in [0.2, 0.25) is 0 Å². The van der Waals surface area contributed by atoms with E-state index in [0.29, 0.717) is 22.2 Å². The number of fused-ring (bicyclic) bond motifs is 2. The first-order chi connectivity index (χ1) is 15.9. The zero-order chi connectivity index (χ0) is 23.1. The van der Waals surface area contributed by atoms with Crippen LogP contribution in [0.2, 0.25) is 0 Å². The molecular weight excluding hydrogens is 446 g/mol. The molecule has 33 heavy (non-hydrogen) atoms. The van der Waals surface area contributed by atoms with E-state index >= 15 is 0 Å². The Bertz CT molecular complexity index is 1660. The molecule has 164 valence electrons. The van der Waals surface area contributed by atoms with Crippen LogP contribution < -0.4 is 11.1 Å². The van der Waals surface area contributed by atoms with Crippen molar-refractivity contribution in [3.8, 4) is 5.69 Å². The Morgan fingerprint density at radius 1 is 0.939 bits per heavy atom. The quantitative estimate of drug-likeness (QED) is 0.295. The minimum atomic E-state index is -0.881. The third-order valence-corrected chi connectivity index (χ3v) is 6.15. The maximum atomic E-state index is 14.6. The largest absolute Gasteiger partial charge is 0.269 e. The third kappa shape index (κ3) is 3.80. The number of thioether (sulfide) groups is 1. The van der Waals surface area contributed by atoms with Gasteiger partial charge in [0.15, 0.2) is 5.16 Å². The summed E-state index contributed by atoms with van der Waals surface area (Å²) in [5.41, 5.74) is 1.41. The van der Waals surface area contributed by atoms with Crippen molar-refractivity contribution in [2.24, 2.45) is 0 Å². The Balaban J connectivity index is 1.63. The van der Waals surface area contributed by atoms with E-state index in [-0.39, 0.29) is 22.2 Å². The van der Waals surface area contributed by atoms with Gasteiger partial charge in [0, 0.05) is 23.6 Å². The van der Waals surface area contributed by atoms with E-state index in [4.69, 9.17) is 0 Å². The number of nitrogens with zero attached hydrogens (tertiary/aromatic N) is 4. The molecule has 5 aromatic rings. The molecule has 0 amide bonds. The van der Waals surface area contributed by atoms with E-state index in [1.807, 2.05) is 19.1 Å². The summed E-state index contributed by atoms with van der Waals surface area (Å²) in [4.78, 5) is 34.9. The van der Waals surface area contributed by atoms with E-state index in [9.17, 15) is 18.4 Å². The van der Waals surface area contributed by atoms with Gasteiger partial charge in [-0.15, -0.1) is 0 Å². The molecule has 0 bridgehead atoms. The summed E-state index contributed by atoms with van der Waals surface area (Å²) in [6, 6.07) is 16.5. The van der Waals surface area contributed by atoms with Gasteiger partial charge in [-0.25, -0.2) is 18.7 Å². The van der Waals surface area contributed by atoms with Crippen molar-refractivity contribution in [3.05, 3.63) is 110 Å². The zero-order valence-corrected chi connectivity index (χ0v) is 18.1. The van der Waals surface area contributed by atoms with Crippen molar-refractivity contribution in [2.45, 2.75) is 17.8 Å². The number of aryl methyl sites for hydroxylation is 1. The van der Waals surface area contributed by atoms with Crippen molar-refractivity contribution >= 4 is 28.3 Å². The molecule has 0 atom stereocenters. The molecule has 3 aromatic heterocycles. The fourth-order valence-corrected chi connectivity index (χ4v) is 4.56. The van der Waals surface area contributed by atoms with Crippen LogP contribution in [0.3, 0.4) is 0 Å². The van der Waals surface area contributed by atoms with Gasteiger partial charge in [0.05, 0.1) is 22.3 Å². The summed E-state index contributed by atoms with van der Waals surface area (Å²) < 4.78 is 30.8. The summed E-state index contributed by atoms with van der Waals surface area (Å²) in [6.07, 6.45) is 0. The Morgan fingerprint density at radius 2 is 1.76 bits per heavy atom. The molecule has 9 heteroatoms. The number of pyridine rings is 1. The summed E-state index contributed by atoms with van der Waals surface area (Å²) in [5, 5.41) is 0.513. The maximum Gasteiger partial charge on any atom is 0.266 e. The minimum Gasteiger partial charge on any atom is -0.269 e. The van der Waals surface area contributed by atoms with Gasteiger partial charge in [-0.3, -0.25) is 18.6 Å². The summed E-state index contributed by atoms with van der Waals surface area (Å²) in [7, 11) is 0. The van der Waals surface area contributed by atoms with Crippen molar-refractivity contribution in [1.29, 1.82) is 0 Å². The number of hydrogen-bond acceptors (Lipinski definition) is 5. The first-order valence-corrected chi connectivity index (χ1v) is 11.0. The maximum absolute atomic E-state index is 14.6. The smallest absolute Gasteiger partial charge is 0.266 e. The van der Waals surface area contributed by atoms with Gasteiger partial charge in [-0.05, 0) is 43.3 Å². The predicted octanol–water partition coefficient (Wildman–Crippen LogP) is 4.27. The van der Waals surface area contributed by atoms with Crippen molar-refractivity contribution < 1.29 is 8.78 Å². The molecule has 0 aliphatic rings. The lowest BCUT2D eigenvalue weighted by Crippen LogP contribution is -2.23. The molecule has 0 saturated carbocycles. The SMILES string of the molecule is Cc1cccc2nc(CSc3nc4ccccc4c(=O)n3-c3ccc(F)cc3F)cc(=O)n12. The molecule has 3 heterocycles. The van der Waals surface area contributed by atoms with E-state index in [2.05, 4.69) is 9.97 Å². The molecule has 0 spiro atoms. The van der Waals surface area contributed by atoms with Crippen LogP contribution >= 0.6 is 11.8 Å². The van der Waals surface area contributed by atoms with E-state index in [0.717, 1.165) is 34.2 Å². The first-order valence-electron chi connectivity index (χ1n) is 10.0. The van der Waals surface area contributed by atoms with Crippen molar-refractivity contribution in [3.63, 3.8) is 0 Å². The van der Waals surface area contributed by atoms with Gasteiger partial charge >= 0.3 is 0 Å². The van der Waals surface area contributed by atoms with Crippen LogP contribution in [0.25, 0.3) is 22.2 Å². The van der Waals surface area contributed by atoms with Crippen LogP contribution in [0.1, 0.15) is 11.4 Å². The highest BCUT2D eigenvalue weighted by Gasteiger charge is 2.17. The standard InChI is InChI=1S/C24H16F2N4O2S/c1-14-5-4-8-21-27-16(12-22(31)29(14)21)13-33-24-28-19-7-3-2-6-17(19)23(32)30(24)20-10-9-15(25)11-18(20)26/h2-12H,13H2,1H3. The molecule has 5 rings (SSSR count). The number of hydrogen-bond donors (Lipinski definition) is 0. The fraction of sp³-hybridized carbons (Fsp3) is 0.0833. The first kappa shape index (κ1) is 21.0. The minimum absolute atomic E-state index is 0.107. The number of aromatic nitrogens is 4. The fourth-order valence-electron chi connectivity index (χ4n) is 3.66. The van der Waals surface area contributed by atoms with E-state index in [1.54, 1.807) is 30.3 Å². The molecule has 0 unspecified atom stereocenters. The number of para-hydroxylation sites is 1. The number of halogens is 2. The lowest BCUT2D eigenvalue weighted by molar-refractivity contribution is 0.572. The number of rotatable bonds is 4. The highest BCUT2D eigenvalue weighted by Crippen LogP contribution is 2.25. The van der Waals surface area contributed by atoms with E-state index in [1.165, 1.54) is 16.5 Å². The number of benzene rings is 2. The topological polar surface area (TPSA) is 69.3 Å². The van der Waals surface area contributed by atoms with Crippen LogP contribution in [-0.2, 0) is 5.75 Å². The molecule has 0 saturated heterocycles. The average molecular weight is 462 g/mol. The molecule has 0 aliphatic heterocycles. The second-order valence-electron chi connectivity index (χ2n) is 7.38. The Hall–Kier alpha value is -3.85. The highest BCUT2D eigenvalue weighted by atomic mass is 32.2. The Morgan fingerprint density at radius 3 is 2.58 bits per heavy atom. The third-order valence-electron chi connectivity index (χ3n) is 5.18. The Labute approximate surface area is 190 Å². The lowest BCUT2D eigenvalue weighted by Gasteiger charge is -2.14. The molecule has 2 aromatic carbocycles. The van der Waals surface area contributed by atoms with Gasteiger partial charge in [0.25, 0.3) is 11.1 Å². The second-order valence-corrected chi connectivity index (χ2v) is 8.33. The summed E-state index contributed by atoms with van der Waals surface area (Å²) in [5.74, 6) is -1.41. The Kier molecular flexibility index (Phi) is 5.26. The van der Waals surface area contributed by atoms with Crippen LogP contribution in [0.15, 0.2) is 81.5 Å². The zero-order valence-electron chi connectivity index (χ0n) is 17.3.